The van der Waals surface area contributed by atoms with Gasteiger partial charge in [0, 0.05) is 36.3 Å². The Morgan fingerprint density at radius 3 is 2.66 bits per heavy atom. The van der Waals surface area contributed by atoms with Gasteiger partial charge in [0.1, 0.15) is 11.5 Å². The van der Waals surface area contributed by atoms with Crippen molar-refractivity contribution >= 4 is 22.5 Å². The van der Waals surface area contributed by atoms with Gasteiger partial charge in [0.05, 0.1) is 17.0 Å². The smallest absolute Gasteiger partial charge is 0.272 e. The average molecular weight is 433 g/mol. The Bertz CT molecular complexity index is 1270. The van der Waals surface area contributed by atoms with Crippen LogP contribution in [-0.4, -0.2) is 32.6 Å². The summed E-state index contributed by atoms with van der Waals surface area (Å²) in [7, 11) is 0. The number of carbonyl (C=O) groups is 1. The summed E-state index contributed by atoms with van der Waals surface area (Å²) in [6.07, 6.45) is 1.58. The van der Waals surface area contributed by atoms with Gasteiger partial charge in [-0.1, -0.05) is 0 Å². The fourth-order valence-corrected chi connectivity index (χ4v) is 3.06. The Balaban J connectivity index is 1.43. The maximum absolute atomic E-state index is 12.6. The van der Waals surface area contributed by atoms with Crippen LogP contribution >= 0.6 is 0 Å². The SMILES string of the molecule is CCOc1ccc(Oc2cc(CNC(=O)c3n[nH]c4ccc([N+](=O)[O-])cc34)ccn2)cc1. The molecule has 0 radical (unpaired) electrons. The van der Waals surface area contributed by atoms with E-state index in [1.807, 2.05) is 6.92 Å². The van der Waals surface area contributed by atoms with Crippen LogP contribution in [0.15, 0.2) is 60.8 Å². The highest BCUT2D eigenvalue weighted by Gasteiger charge is 2.17. The number of rotatable bonds is 8. The molecule has 0 saturated carbocycles. The summed E-state index contributed by atoms with van der Waals surface area (Å²) >= 11 is 0. The van der Waals surface area contributed by atoms with Crippen molar-refractivity contribution in [1.29, 1.82) is 0 Å². The molecule has 0 saturated heterocycles. The number of pyridine rings is 1. The maximum atomic E-state index is 12.6. The van der Waals surface area contributed by atoms with Crippen molar-refractivity contribution in [3.8, 4) is 17.4 Å². The first-order valence-corrected chi connectivity index (χ1v) is 9.80. The summed E-state index contributed by atoms with van der Waals surface area (Å²) in [6, 6.07) is 14.8. The molecule has 10 nitrogen and oxygen atoms in total. The van der Waals surface area contributed by atoms with Crippen LogP contribution in [0, 0.1) is 10.1 Å². The van der Waals surface area contributed by atoms with Gasteiger partial charge in [0.2, 0.25) is 5.88 Å². The van der Waals surface area contributed by atoms with Crippen LogP contribution in [0.25, 0.3) is 10.9 Å². The van der Waals surface area contributed by atoms with Crippen LogP contribution in [0.2, 0.25) is 0 Å². The molecule has 4 rings (SSSR count). The number of hydrogen-bond acceptors (Lipinski definition) is 7. The van der Waals surface area contributed by atoms with Crippen LogP contribution in [0.3, 0.4) is 0 Å². The summed E-state index contributed by atoms with van der Waals surface area (Å²) in [4.78, 5) is 27.3. The Kier molecular flexibility index (Phi) is 5.93. The first-order chi connectivity index (χ1) is 15.5. The second-order valence-corrected chi connectivity index (χ2v) is 6.75. The van der Waals surface area contributed by atoms with E-state index in [0.717, 1.165) is 11.3 Å². The molecule has 0 spiro atoms. The number of non-ortho nitro benzene ring substituents is 1. The highest BCUT2D eigenvalue weighted by molar-refractivity contribution is 6.05. The van der Waals surface area contributed by atoms with Crippen LogP contribution in [-0.2, 0) is 6.54 Å². The minimum absolute atomic E-state index is 0.0867. The molecular formula is C22H19N5O5. The standard InChI is InChI=1S/C22H19N5O5/c1-2-31-16-4-6-17(7-5-16)32-20-11-14(9-10-23-20)13-24-22(28)21-18-12-15(27(29)30)3-8-19(18)25-26-21/h3-12H,2,13H2,1H3,(H,24,28)(H,25,26). The lowest BCUT2D eigenvalue weighted by Gasteiger charge is -2.08. The van der Waals surface area contributed by atoms with E-state index in [-0.39, 0.29) is 17.9 Å². The molecule has 0 aliphatic heterocycles. The third kappa shape index (κ3) is 4.64. The molecule has 2 aromatic heterocycles. The summed E-state index contributed by atoms with van der Waals surface area (Å²) < 4.78 is 11.2. The van der Waals surface area contributed by atoms with E-state index >= 15 is 0 Å². The van der Waals surface area contributed by atoms with Crippen LogP contribution < -0.4 is 14.8 Å². The number of nitrogens with zero attached hydrogens (tertiary/aromatic N) is 3. The highest BCUT2D eigenvalue weighted by atomic mass is 16.6. The number of ether oxygens (including phenoxy) is 2. The molecule has 2 heterocycles. The van der Waals surface area contributed by atoms with Crippen LogP contribution in [0.5, 0.6) is 17.4 Å². The van der Waals surface area contributed by atoms with Crippen LogP contribution in [0.1, 0.15) is 23.0 Å². The molecule has 0 unspecified atom stereocenters. The summed E-state index contributed by atoms with van der Waals surface area (Å²) in [5, 5.41) is 20.9. The molecule has 0 aliphatic carbocycles. The number of H-pyrrole nitrogens is 1. The Hall–Kier alpha value is -4.47. The molecule has 2 aromatic carbocycles. The molecular weight excluding hydrogens is 414 g/mol. The number of hydrogen-bond donors (Lipinski definition) is 2. The number of aromatic amines is 1. The average Bonchev–Trinajstić information content (AvgIpc) is 3.23. The van der Waals surface area contributed by atoms with E-state index in [1.165, 1.54) is 18.2 Å². The second kappa shape index (κ2) is 9.13. The zero-order chi connectivity index (χ0) is 22.5. The topological polar surface area (TPSA) is 132 Å². The van der Waals surface area contributed by atoms with Crippen molar-refractivity contribution < 1.29 is 19.2 Å². The third-order valence-electron chi connectivity index (χ3n) is 4.58. The molecule has 10 heteroatoms. The van der Waals surface area contributed by atoms with Gasteiger partial charge in [-0.05, 0) is 48.9 Å². The van der Waals surface area contributed by atoms with Gasteiger partial charge in [0.15, 0.2) is 5.69 Å². The fourth-order valence-electron chi connectivity index (χ4n) is 3.06. The Labute approximate surface area is 182 Å². The van der Waals surface area contributed by atoms with Crippen LogP contribution in [0.4, 0.5) is 5.69 Å². The quantitative estimate of drug-likeness (QED) is 0.317. The molecule has 162 valence electrons. The van der Waals surface area contributed by atoms with E-state index in [2.05, 4.69) is 20.5 Å². The summed E-state index contributed by atoms with van der Waals surface area (Å²) in [5.41, 5.74) is 1.28. The molecule has 2 N–H and O–H groups in total. The molecule has 1 amide bonds. The van der Waals surface area contributed by atoms with Gasteiger partial charge in [-0.2, -0.15) is 5.10 Å². The van der Waals surface area contributed by atoms with Gasteiger partial charge in [-0.3, -0.25) is 20.0 Å². The van der Waals surface area contributed by atoms with E-state index in [4.69, 9.17) is 9.47 Å². The van der Waals surface area contributed by atoms with Crippen molar-refractivity contribution in [2.45, 2.75) is 13.5 Å². The molecule has 0 bridgehead atoms. The molecule has 32 heavy (non-hydrogen) atoms. The fraction of sp³-hybridized carbons (Fsp3) is 0.136. The normalized spacial score (nSPS) is 10.7. The highest BCUT2D eigenvalue weighted by Crippen LogP contribution is 2.24. The third-order valence-corrected chi connectivity index (χ3v) is 4.58. The number of nitrogens with one attached hydrogen (secondary N) is 2. The van der Waals surface area contributed by atoms with Gasteiger partial charge in [-0.15, -0.1) is 0 Å². The number of aromatic nitrogens is 3. The van der Waals surface area contributed by atoms with Crippen molar-refractivity contribution in [3.63, 3.8) is 0 Å². The van der Waals surface area contributed by atoms with E-state index in [9.17, 15) is 14.9 Å². The number of carbonyl (C=O) groups excluding carboxylic acids is 1. The Morgan fingerprint density at radius 1 is 1.12 bits per heavy atom. The monoisotopic (exact) mass is 433 g/mol. The zero-order valence-corrected chi connectivity index (χ0v) is 17.1. The number of amides is 1. The predicted molar refractivity (Wildman–Crippen MR) is 116 cm³/mol. The lowest BCUT2D eigenvalue weighted by atomic mass is 10.2. The summed E-state index contributed by atoms with van der Waals surface area (Å²) in [6.45, 7) is 2.70. The van der Waals surface area contributed by atoms with E-state index in [1.54, 1.807) is 42.6 Å². The summed E-state index contributed by atoms with van der Waals surface area (Å²) in [5.74, 6) is 1.27. The van der Waals surface area contributed by atoms with Gasteiger partial charge in [-0.25, -0.2) is 4.98 Å². The van der Waals surface area contributed by atoms with Gasteiger partial charge >= 0.3 is 0 Å². The number of benzene rings is 2. The van der Waals surface area contributed by atoms with Crippen molar-refractivity contribution in [2.24, 2.45) is 0 Å². The van der Waals surface area contributed by atoms with E-state index < -0.39 is 10.8 Å². The minimum Gasteiger partial charge on any atom is -0.494 e. The zero-order valence-electron chi connectivity index (χ0n) is 17.1. The second-order valence-electron chi connectivity index (χ2n) is 6.75. The van der Waals surface area contributed by atoms with Crippen molar-refractivity contribution in [3.05, 3.63) is 82.2 Å². The molecule has 0 atom stereocenters. The van der Waals surface area contributed by atoms with Crippen molar-refractivity contribution in [1.82, 2.24) is 20.5 Å². The Morgan fingerprint density at radius 2 is 1.91 bits per heavy atom. The van der Waals surface area contributed by atoms with Crippen molar-refractivity contribution in [2.75, 3.05) is 6.61 Å². The minimum atomic E-state index is -0.517. The molecule has 0 fully saturated rings. The first-order valence-electron chi connectivity index (χ1n) is 9.80. The molecule has 0 aliphatic rings. The number of fused-ring (bicyclic) bond motifs is 1. The predicted octanol–water partition coefficient (Wildman–Crippen LogP) is 3.99. The lowest BCUT2D eigenvalue weighted by molar-refractivity contribution is -0.384. The van der Waals surface area contributed by atoms with Gasteiger partial charge < -0.3 is 14.8 Å². The molecule has 4 aromatic rings. The largest absolute Gasteiger partial charge is 0.494 e. The maximum Gasteiger partial charge on any atom is 0.272 e. The number of nitro groups is 1. The number of nitro benzene ring substituents is 1. The van der Waals surface area contributed by atoms with E-state index in [0.29, 0.717) is 29.1 Å². The lowest BCUT2D eigenvalue weighted by Crippen LogP contribution is -2.23. The van der Waals surface area contributed by atoms with Gasteiger partial charge in [0.25, 0.3) is 11.6 Å². The first kappa shape index (κ1) is 20.8.